The SMILES string of the molecule is CCC1CCC(CNC(=O)c2nn(CC)c(-c3ccc(CC(C)(C)C(F)(F)F)cc3OC(F)F)c2Cl)CC1. The number of aryl methyl sites for hydroxylation is 1. The molecule has 0 atom stereocenters. The second kappa shape index (κ2) is 12.2. The molecule has 1 aliphatic rings. The lowest BCUT2D eigenvalue weighted by Crippen LogP contribution is -2.34. The van der Waals surface area contributed by atoms with E-state index in [9.17, 15) is 26.7 Å². The maximum atomic E-state index is 13.4. The zero-order valence-electron chi connectivity index (χ0n) is 22.1. The highest BCUT2D eigenvalue weighted by molar-refractivity contribution is 6.36. The number of alkyl halides is 5. The maximum Gasteiger partial charge on any atom is 0.394 e. The second-order valence-corrected chi connectivity index (χ2v) is 11.0. The minimum Gasteiger partial charge on any atom is -0.434 e. The van der Waals surface area contributed by atoms with Gasteiger partial charge in [-0.15, -0.1) is 0 Å². The summed E-state index contributed by atoms with van der Waals surface area (Å²) in [6, 6.07) is 3.95. The van der Waals surface area contributed by atoms with Crippen molar-refractivity contribution in [1.82, 2.24) is 15.1 Å². The van der Waals surface area contributed by atoms with Crippen LogP contribution in [0.2, 0.25) is 5.02 Å². The van der Waals surface area contributed by atoms with E-state index in [-0.39, 0.29) is 39.8 Å². The van der Waals surface area contributed by atoms with Crippen molar-refractivity contribution in [1.29, 1.82) is 0 Å². The summed E-state index contributed by atoms with van der Waals surface area (Å²) in [5.74, 6) is 0.287. The summed E-state index contributed by atoms with van der Waals surface area (Å²) in [6.45, 7) is 3.54. The molecule has 1 fully saturated rings. The van der Waals surface area contributed by atoms with Crippen molar-refractivity contribution >= 4 is 17.5 Å². The molecule has 0 unspecified atom stereocenters. The molecule has 0 radical (unpaired) electrons. The van der Waals surface area contributed by atoms with E-state index in [2.05, 4.69) is 17.3 Å². The van der Waals surface area contributed by atoms with Crippen LogP contribution in [0.4, 0.5) is 22.0 Å². The van der Waals surface area contributed by atoms with Crippen molar-refractivity contribution in [3.8, 4) is 17.0 Å². The lowest BCUT2D eigenvalue weighted by atomic mass is 9.81. The summed E-state index contributed by atoms with van der Waals surface area (Å²) in [5, 5.41) is 7.17. The van der Waals surface area contributed by atoms with Gasteiger partial charge in [0.25, 0.3) is 5.91 Å². The van der Waals surface area contributed by atoms with Crippen molar-refractivity contribution in [3.63, 3.8) is 0 Å². The maximum absolute atomic E-state index is 13.4. The first-order chi connectivity index (χ1) is 17.8. The number of hydrogen-bond donors (Lipinski definition) is 1. The average Bonchev–Trinajstić information content (AvgIpc) is 3.18. The number of carbonyl (C=O) groups is 1. The predicted molar refractivity (Wildman–Crippen MR) is 137 cm³/mol. The van der Waals surface area contributed by atoms with Gasteiger partial charge in [0, 0.05) is 18.7 Å². The van der Waals surface area contributed by atoms with E-state index in [1.54, 1.807) is 6.92 Å². The molecule has 0 spiro atoms. The Balaban J connectivity index is 1.89. The quantitative estimate of drug-likeness (QED) is 0.299. The van der Waals surface area contributed by atoms with Gasteiger partial charge in [-0.2, -0.15) is 27.1 Å². The number of benzene rings is 1. The highest BCUT2D eigenvalue weighted by Crippen LogP contribution is 2.43. The smallest absolute Gasteiger partial charge is 0.394 e. The van der Waals surface area contributed by atoms with Crippen LogP contribution in [0.1, 0.15) is 75.9 Å². The summed E-state index contributed by atoms with van der Waals surface area (Å²) in [6.07, 6.45) is 0.567. The fourth-order valence-corrected chi connectivity index (χ4v) is 5.24. The lowest BCUT2D eigenvalue weighted by Gasteiger charge is -2.28. The van der Waals surface area contributed by atoms with Gasteiger partial charge in [0.1, 0.15) is 5.75 Å². The Bertz CT molecular complexity index is 1110. The fraction of sp³-hybridized carbons (Fsp3) is 0.630. The van der Waals surface area contributed by atoms with Crippen LogP contribution in [0.3, 0.4) is 0 Å². The highest BCUT2D eigenvalue weighted by Gasteiger charge is 2.47. The van der Waals surface area contributed by atoms with E-state index >= 15 is 0 Å². The summed E-state index contributed by atoms with van der Waals surface area (Å²) >= 11 is 6.58. The largest absolute Gasteiger partial charge is 0.434 e. The van der Waals surface area contributed by atoms with Crippen LogP contribution in [0.25, 0.3) is 11.3 Å². The number of nitrogens with one attached hydrogen (secondary N) is 1. The number of hydrogen-bond acceptors (Lipinski definition) is 3. The summed E-state index contributed by atoms with van der Waals surface area (Å²) in [4.78, 5) is 13.0. The number of nitrogens with zero attached hydrogens (tertiary/aromatic N) is 2. The number of aromatic nitrogens is 2. The number of rotatable bonds is 10. The van der Waals surface area contributed by atoms with E-state index in [0.717, 1.165) is 57.9 Å². The first-order valence-corrected chi connectivity index (χ1v) is 13.3. The van der Waals surface area contributed by atoms with Crippen molar-refractivity contribution in [2.24, 2.45) is 17.3 Å². The van der Waals surface area contributed by atoms with Crippen molar-refractivity contribution < 1.29 is 31.5 Å². The molecule has 0 bridgehead atoms. The minimum atomic E-state index is -4.49. The summed E-state index contributed by atoms with van der Waals surface area (Å²) < 4.78 is 72.9. The molecule has 5 nitrogen and oxygen atoms in total. The minimum absolute atomic E-state index is 0.0403. The Morgan fingerprint density at radius 3 is 2.34 bits per heavy atom. The fourth-order valence-electron chi connectivity index (χ4n) is 4.91. The van der Waals surface area contributed by atoms with Crippen LogP contribution in [-0.4, -0.2) is 35.0 Å². The van der Waals surface area contributed by atoms with Gasteiger partial charge in [0.05, 0.1) is 16.1 Å². The van der Waals surface area contributed by atoms with E-state index in [1.165, 1.54) is 16.8 Å². The highest BCUT2D eigenvalue weighted by atomic mass is 35.5. The van der Waals surface area contributed by atoms with Gasteiger partial charge in [-0.25, -0.2) is 0 Å². The van der Waals surface area contributed by atoms with Crippen LogP contribution in [0.5, 0.6) is 5.75 Å². The molecule has 0 aliphatic heterocycles. The molecule has 1 saturated carbocycles. The molecule has 3 rings (SSSR count). The molecule has 1 N–H and O–H groups in total. The van der Waals surface area contributed by atoms with Gasteiger partial charge in [-0.3, -0.25) is 9.48 Å². The van der Waals surface area contributed by atoms with E-state index < -0.39 is 30.5 Å². The van der Waals surface area contributed by atoms with Crippen molar-refractivity contribution in [2.45, 2.75) is 85.6 Å². The first kappa shape index (κ1) is 30.2. The Morgan fingerprint density at radius 1 is 1.16 bits per heavy atom. The first-order valence-electron chi connectivity index (χ1n) is 13.0. The molecule has 1 aromatic carbocycles. The third-order valence-corrected chi connectivity index (χ3v) is 7.79. The molecular weight excluding hydrogens is 529 g/mol. The number of ether oxygens (including phenoxy) is 1. The van der Waals surface area contributed by atoms with Gasteiger partial charge in [-0.05, 0) is 55.7 Å². The molecule has 212 valence electrons. The van der Waals surface area contributed by atoms with E-state index in [4.69, 9.17) is 16.3 Å². The Kier molecular flexibility index (Phi) is 9.71. The molecule has 1 aromatic heterocycles. The predicted octanol–water partition coefficient (Wildman–Crippen LogP) is 7.90. The zero-order valence-corrected chi connectivity index (χ0v) is 22.9. The van der Waals surface area contributed by atoms with Crippen LogP contribution in [-0.2, 0) is 13.0 Å². The Labute approximate surface area is 225 Å². The third kappa shape index (κ3) is 6.98. The molecule has 0 saturated heterocycles. The van der Waals surface area contributed by atoms with Gasteiger partial charge in [-0.1, -0.05) is 57.7 Å². The monoisotopic (exact) mass is 563 g/mol. The molecule has 2 aromatic rings. The summed E-state index contributed by atoms with van der Waals surface area (Å²) in [7, 11) is 0. The van der Waals surface area contributed by atoms with Crippen molar-refractivity contribution in [3.05, 3.63) is 34.5 Å². The standard InChI is InChI=1S/C27H35ClF5N3O2/c1-5-16-7-9-17(10-8-16)15-34-24(37)22-21(28)23(36(6-2)35-22)19-12-11-18(13-20(19)38-25(29)30)14-26(3,4)27(31,32)33/h11-13,16-17,25H,5-10,14-15H2,1-4H3,(H,34,37). The lowest BCUT2D eigenvalue weighted by molar-refractivity contribution is -0.211. The van der Waals surface area contributed by atoms with E-state index in [0.29, 0.717) is 12.5 Å². The van der Waals surface area contributed by atoms with E-state index in [1.807, 2.05) is 0 Å². The van der Waals surface area contributed by atoms with Crippen molar-refractivity contribution in [2.75, 3.05) is 6.54 Å². The Hall–Kier alpha value is -2.36. The normalized spacial score (nSPS) is 18.6. The second-order valence-electron chi connectivity index (χ2n) is 10.6. The average molecular weight is 564 g/mol. The number of amides is 1. The van der Waals surface area contributed by atoms with Gasteiger partial charge >= 0.3 is 12.8 Å². The number of halogens is 6. The molecule has 1 heterocycles. The van der Waals surface area contributed by atoms with Crippen LogP contribution < -0.4 is 10.1 Å². The molecular formula is C27H35ClF5N3O2. The van der Waals surface area contributed by atoms with Crippen LogP contribution >= 0.6 is 11.6 Å². The topological polar surface area (TPSA) is 56.2 Å². The van der Waals surface area contributed by atoms with Gasteiger partial charge in [0.2, 0.25) is 0 Å². The van der Waals surface area contributed by atoms with Crippen LogP contribution in [0.15, 0.2) is 18.2 Å². The summed E-state index contributed by atoms with van der Waals surface area (Å²) in [5.41, 5.74) is -1.67. The number of carbonyl (C=O) groups excluding carboxylic acids is 1. The molecule has 11 heteroatoms. The molecule has 1 aliphatic carbocycles. The van der Waals surface area contributed by atoms with Gasteiger partial charge < -0.3 is 10.1 Å². The van der Waals surface area contributed by atoms with Gasteiger partial charge in [0.15, 0.2) is 5.69 Å². The third-order valence-electron chi connectivity index (χ3n) is 7.43. The van der Waals surface area contributed by atoms with Crippen LogP contribution in [0, 0.1) is 17.3 Å². The Morgan fingerprint density at radius 2 is 1.79 bits per heavy atom. The molecule has 38 heavy (non-hydrogen) atoms. The zero-order chi connectivity index (χ0) is 28.3. The molecule has 1 amide bonds.